The van der Waals surface area contributed by atoms with E-state index in [9.17, 15) is 4.79 Å². The highest BCUT2D eigenvalue weighted by molar-refractivity contribution is 7.99. The van der Waals surface area contributed by atoms with Crippen LogP contribution >= 0.6 is 11.8 Å². The summed E-state index contributed by atoms with van der Waals surface area (Å²) in [6.07, 6.45) is 2.13. The summed E-state index contributed by atoms with van der Waals surface area (Å²) in [4.78, 5) is 11.3. The molecule has 1 amide bonds. The highest BCUT2D eigenvalue weighted by Gasteiger charge is 2.16. The maximum absolute atomic E-state index is 11.3. The molecule has 0 aromatic heterocycles. The average molecular weight is 217 g/mol. The Morgan fingerprint density at radius 2 is 2.50 bits per heavy atom. The molecule has 0 aromatic rings. The minimum atomic E-state index is -0.173. The van der Waals surface area contributed by atoms with Crippen LogP contribution < -0.4 is 11.1 Å². The molecule has 80 valence electrons. The summed E-state index contributed by atoms with van der Waals surface area (Å²) in [5.74, 6) is 1.91. The fourth-order valence-corrected chi connectivity index (χ4v) is 2.41. The van der Waals surface area contributed by atoms with E-state index in [1.54, 1.807) is 0 Å². The number of nitrogens with zero attached hydrogens (tertiary/aromatic N) is 1. The average Bonchev–Trinajstić information content (AvgIpc) is 2.19. The largest absolute Gasteiger partial charge is 0.409 e. The Bertz CT molecular complexity index is 227. The molecule has 1 atom stereocenters. The molecule has 1 heterocycles. The number of amides is 1. The van der Waals surface area contributed by atoms with Gasteiger partial charge in [0.2, 0.25) is 5.91 Å². The molecular weight excluding hydrogens is 202 g/mol. The van der Waals surface area contributed by atoms with E-state index < -0.39 is 0 Å². The number of rotatable bonds is 3. The van der Waals surface area contributed by atoms with E-state index in [0.717, 1.165) is 18.6 Å². The fourth-order valence-electron chi connectivity index (χ4n) is 1.33. The van der Waals surface area contributed by atoms with Gasteiger partial charge >= 0.3 is 0 Å². The zero-order chi connectivity index (χ0) is 10.4. The topological polar surface area (TPSA) is 87.7 Å². The first kappa shape index (κ1) is 11.2. The molecular formula is C8H15N3O2S. The molecule has 0 aromatic carbocycles. The third kappa shape index (κ3) is 3.87. The maximum Gasteiger partial charge on any atom is 0.227 e. The fraction of sp³-hybridized carbons (Fsp3) is 0.750. The number of thioether (sulfide) groups is 1. The summed E-state index contributed by atoms with van der Waals surface area (Å²) in [6.45, 7) is 0. The third-order valence-corrected chi connectivity index (χ3v) is 3.21. The molecule has 0 aliphatic carbocycles. The van der Waals surface area contributed by atoms with Gasteiger partial charge in [-0.25, -0.2) is 0 Å². The van der Waals surface area contributed by atoms with E-state index in [1.807, 2.05) is 11.8 Å². The first-order valence-corrected chi connectivity index (χ1v) is 5.71. The van der Waals surface area contributed by atoms with Gasteiger partial charge in [-0.05, 0) is 18.6 Å². The van der Waals surface area contributed by atoms with Gasteiger partial charge in [0, 0.05) is 11.8 Å². The third-order valence-electron chi connectivity index (χ3n) is 2.00. The number of nitrogens with one attached hydrogen (secondary N) is 1. The molecule has 1 fully saturated rings. The Kier molecular flexibility index (Phi) is 4.58. The number of nitrogens with two attached hydrogens (primary N) is 1. The molecule has 5 nitrogen and oxygen atoms in total. The van der Waals surface area contributed by atoms with E-state index in [2.05, 4.69) is 10.5 Å². The number of amidine groups is 1. The van der Waals surface area contributed by atoms with Crippen LogP contribution in [0.3, 0.4) is 0 Å². The summed E-state index contributed by atoms with van der Waals surface area (Å²) >= 11 is 1.84. The van der Waals surface area contributed by atoms with Gasteiger partial charge in [0.1, 0.15) is 5.84 Å². The van der Waals surface area contributed by atoms with Crippen LogP contribution in [0.25, 0.3) is 0 Å². The molecule has 4 N–H and O–H groups in total. The molecule has 1 rings (SSSR count). The first-order valence-electron chi connectivity index (χ1n) is 4.56. The van der Waals surface area contributed by atoms with Crippen molar-refractivity contribution in [3.63, 3.8) is 0 Å². The van der Waals surface area contributed by atoms with Crippen molar-refractivity contribution in [2.45, 2.75) is 25.3 Å². The minimum absolute atomic E-state index is 0.0301. The van der Waals surface area contributed by atoms with Crippen LogP contribution in [0.1, 0.15) is 19.3 Å². The Labute approximate surface area is 87.1 Å². The van der Waals surface area contributed by atoms with Crippen molar-refractivity contribution in [2.75, 3.05) is 11.5 Å². The van der Waals surface area contributed by atoms with Gasteiger partial charge in [-0.2, -0.15) is 11.8 Å². The standard InChI is InChI=1S/C8H15N3O2S/c9-7(11-13)4-8(12)10-6-2-1-3-14-5-6/h6,13H,1-5H2,(H2,9,11)(H,10,12). The lowest BCUT2D eigenvalue weighted by molar-refractivity contribution is -0.120. The van der Waals surface area contributed by atoms with Gasteiger partial charge in [0.15, 0.2) is 0 Å². The van der Waals surface area contributed by atoms with Crippen LogP contribution in [-0.2, 0) is 4.79 Å². The second kappa shape index (κ2) is 5.74. The zero-order valence-electron chi connectivity index (χ0n) is 7.90. The van der Waals surface area contributed by atoms with Gasteiger partial charge in [0.05, 0.1) is 6.42 Å². The van der Waals surface area contributed by atoms with Crippen LogP contribution in [0.4, 0.5) is 0 Å². The van der Waals surface area contributed by atoms with Crippen molar-refractivity contribution < 1.29 is 10.0 Å². The molecule has 0 saturated carbocycles. The predicted octanol–water partition coefficient (Wildman–Crippen LogP) is 0.135. The van der Waals surface area contributed by atoms with Crippen molar-refractivity contribution >= 4 is 23.5 Å². The summed E-state index contributed by atoms with van der Waals surface area (Å²) in [5.41, 5.74) is 5.21. The van der Waals surface area contributed by atoms with Gasteiger partial charge < -0.3 is 16.3 Å². The predicted molar refractivity (Wildman–Crippen MR) is 56.5 cm³/mol. The lowest BCUT2D eigenvalue weighted by Gasteiger charge is -2.22. The van der Waals surface area contributed by atoms with E-state index >= 15 is 0 Å². The highest BCUT2D eigenvalue weighted by atomic mass is 32.2. The Hall–Kier alpha value is -0.910. The van der Waals surface area contributed by atoms with E-state index in [-0.39, 0.29) is 24.2 Å². The summed E-state index contributed by atoms with van der Waals surface area (Å²) in [7, 11) is 0. The lowest BCUT2D eigenvalue weighted by atomic mass is 10.2. The molecule has 14 heavy (non-hydrogen) atoms. The number of carbonyl (C=O) groups excluding carboxylic acids is 1. The Morgan fingerprint density at radius 3 is 3.07 bits per heavy atom. The van der Waals surface area contributed by atoms with Crippen molar-refractivity contribution in [3.8, 4) is 0 Å². The van der Waals surface area contributed by atoms with Crippen molar-refractivity contribution in [1.29, 1.82) is 0 Å². The van der Waals surface area contributed by atoms with Crippen LogP contribution in [0.5, 0.6) is 0 Å². The normalized spacial score (nSPS) is 23.1. The minimum Gasteiger partial charge on any atom is -0.409 e. The molecule has 0 bridgehead atoms. The molecule has 1 saturated heterocycles. The number of hydrogen-bond donors (Lipinski definition) is 3. The Balaban J connectivity index is 2.25. The number of hydrogen-bond acceptors (Lipinski definition) is 4. The van der Waals surface area contributed by atoms with Crippen LogP contribution in [0, 0.1) is 0 Å². The van der Waals surface area contributed by atoms with Crippen molar-refractivity contribution in [1.82, 2.24) is 5.32 Å². The van der Waals surface area contributed by atoms with E-state index in [1.165, 1.54) is 5.75 Å². The number of oxime groups is 1. The highest BCUT2D eigenvalue weighted by Crippen LogP contribution is 2.16. The van der Waals surface area contributed by atoms with E-state index in [0.29, 0.717) is 0 Å². The van der Waals surface area contributed by atoms with Crippen LogP contribution in [0.2, 0.25) is 0 Å². The van der Waals surface area contributed by atoms with Crippen molar-refractivity contribution in [2.24, 2.45) is 10.9 Å². The first-order chi connectivity index (χ1) is 6.72. The molecule has 1 aliphatic heterocycles. The molecule has 1 unspecified atom stereocenters. The summed E-state index contributed by atoms with van der Waals surface area (Å²) < 4.78 is 0. The van der Waals surface area contributed by atoms with Gasteiger partial charge in [-0.3, -0.25) is 4.79 Å². The molecule has 6 heteroatoms. The quantitative estimate of drug-likeness (QED) is 0.271. The SMILES string of the molecule is NC(CC(=O)NC1CCCSC1)=NO. The second-order valence-corrected chi connectivity index (χ2v) is 4.40. The van der Waals surface area contributed by atoms with Crippen molar-refractivity contribution in [3.05, 3.63) is 0 Å². The monoisotopic (exact) mass is 217 g/mol. The van der Waals surface area contributed by atoms with Crippen LogP contribution in [-0.4, -0.2) is 34.5 Å². The zero-order valence-corrected chi connectivity index (χ0v) is 8.72. The summed E-state index contributed by atoms with van der Waals surface area (Å²) in [5, 5.41) is 13.9. The maximum atomic E-state index is 11.3. The summed E-state index contributed by atoms with van der Waals surface area (Å²) in [6, 6.07) is 0.243. The molecule has 1 aliphatic rings. The van der Waals surface area contributed by atoms with Gasteiger partial charge in [-0.1, -0.05) is 5.16 Å². The number of carbonyl (C=O) groups is 1. The van der Waals surface area contributed by atoms with Gasteiger partial charge in [0.25, 0.3) is 0 Å². The molecule has 0 spiro atoms. The molecule has 0 radical (unpaired) electrons. The lowest BCUT2D eigenvalue weighted by Crippen LogP contribution is -2.39. The Morgan fingerprint density at radius 1 is 1.71 bits per heavy atom. The van der Waals surface area contributed by atoms with Gasteiger partial charge in [-0.15, -0.1) is 0 Å². The second-order valence-electron chi connectivity index (χ2n) is 3.25. The van der Waals surface area contributed by atoms with E-state index in [4.69, 9.17) is 10.9 Å². The van der Waals surface area contributed by atoms with Crippen LogP contribution in [0.15, 0.2) is 5.16 Å². The smallest absolute Gasteiger partial charge is 0.227 e.